The van der Waals surface area contributed by atoms with Gasteiger partial charge in [0.2, 0.25) is 0 Å². The average molecular weight is 188 g/mol. The summed E-state index contributed by atoms with van der Waals surface area (Å²) in [5, 5.41) is 9.61. The van der Waals surface area contributed by atoms with Crippen molar-refractivity contribution < 1.29 is 5.11 Å². The molecule has 80 valence electrons. The number of aliphatic hydroxyl groups is 1. The fourth-order valence-corrected chi connectivity index (χ4v) is 0.992. The molecule has 0 amide bonds. The van der Waals surface area contributed by atoms with E-state index in [4.69, 9.17) is 0 Å². The topological polar surface area (TPSA) is 26.7 Å². The van der Waals surface area contributed by atoms with Crippen LogP contribution in [-0.2, 0) is 0 Å². The minimum absolute atomic E-state index is 0.202. The Bertz CT molecular complexity index is 126. The molecule has 0 rings (SSSR count). The summed E-state index contributed by atoms with van der Waals surface area (Å²) in [5.41, 5.74) is 0. The van der Waals surface area contributed by atoms with E-state index in [-0.39, 0.29) is 6.10 Å². The van der Waals surface area contributed by atoms with Crippen LogP contribution in [0.1, 0.15) is 13.8 Å². The second kappa shape index (κ2) is 6.35. The van der Waals surface area contributed by atoms with Crippen molar-refractivity contribution in [1.29, 1.82) is 0 Å². The van der Waals surface area contributed by atoms with Crippen LogP contribution >= 0.6 is 0 Å². The zero-order valence-corrected chi connectivity index (χ0v) is 9.62. The Labute approximate surface area is 82.3 Å². The van der Waals surface area contributed by atoms with Gasteiger partial charge in [-0.15, -0.1) is 0 Å². The van der Waals surface area contributed by atoms with Gasteiger partial charge in [-0.25, -0.2) is 0 Å². The van der Waals surface area contributed by atoms with Crippen molar-refractivity contribution in [3.63, 3.8) is 0 Å². The number of hydrogen-bond acceptors (Lipinski definition) is 3. The Balaban J connectivity index is 3.55. The van der Waals surface area contributed by atoms with Gasteiger partial charge in [0.05, 0.1) is 6.10 Å². The van der Waals surface area contributed by atoms with Gasteiger partial charge < -0.3 is 14.9 Å². The monoisotopic (exact) mass is 188 g/mol. The van der Waals surface area contributed by atoms with E-state index in [1.807, 2.05) is 13.8 Å². The Kier molecular flexibility index (Phi) is 6.29. The Morgan fingerprint density at radius 2 is 1.62 bits per heavy atom. The van der Waals surface area contributed by atoms with Gasteiger partial charge in [-0.2, -0.15) is 0 Å². The number of likely N-dealkylation sites (N-methyl/N-ethyl adjacent to an activating group) is 2. The van der Waals surface area contributed by atoms with Crippen LogP contribution in [0, 0.1) is 5.92 Å². The van der Waals surface area contributed by atoms with Gasteiger partial charge in [0.25, 0.3) is 0 Å². The van der Waals surface area contributed by atoms with Gasteiger partial charge in [-0.05, 0) is 27.1 Å². The smallest absolute Gasteiger partial charge is 0.0689 e. The van der Waals surface area contributed by atoms with Crippen molar-refractivity contribution in [2.75, 3.05) is 40.8 Å². The highest BCUT2D eigenvalue weighted by molar-refractivity contribution is 4.65. The Hall–Kier alpha value is -0.120. The first-order valence-electron chi connectivity index (χ1n) is 4.94. The van der Waals surface area contributed by atoms with Crippen LogP contribution in [0.25, 0.3) is 0 Å². The highest BCUT2D eigenvalue weighted by Crippen LogP contribution is 2.02. The lowest BCUT2D eigenvalue weighted by Crippen LogP contribution is -2.36. The molecule has 0 heterocycles. The lowest BCUT2D eigenvalue weighted by Gasteiger charge is -2.23. The van der Waals surface area contributed by atoms with Gasteiger partial charge in [0, 0.05) is 19.6 Å². The molecule has 1 unspecified atom stereocenters. The average Bonchev–Trinajstić information content (AvgIpc) is 2.00. The Morgan fingerprint density at radius 3 is 2.00 bits per heavy atom. The molecule has 0 aliphatic heterocycles. The molecule has 0 aliphatic carbocycles. The zero-order valence-electron chi connectivity index (χ0n) is 9.62. The normalized spacial score (nSPS) is 14.5. The van der Waals surface area contributed by atoms with E-state index in [2.05, 4.69) is 30.9 Å². The van der Waals surface area contributed by atoms with E-state index in [1.54, 1.807) is 0 Å². The molecule has 0 saturated heterocycles. The van der Waals surface area contributed by atoms with Crippen molar-refractivity contribution in [3.05, 3.63) is 0 Å². The quantitative estimate of drug-likeness (QED) is 0.657. The molecule has 0 aromatic carbocycles. The minimum atomic E-state index is -0.202. The van der Waals surface area contributed by atoms with Crippen LogP contribution in [0.3, 0.4) is 0 Å². The molecule has 0 aliphatic rings. The number of hydrogen-bond donors (Lipinski definition) is 1. The van der Waals surface area contributed by atoms with Crippen molar-refractivity contribution in [2.45, 2.75) is 20.0 Å². The molecule has 0 fully saturated rings. The van der Waals surface area contributed by atoms with E-state index in [0.717, 1.165) is 19.6 Å². The van der Waals surface area contributed by atoms with E-state index in [0.29, 0.717) is 5.92 Å². The van der Waals surface area contributed by atoms with Crippen molar-refractivity contribution in [1.82, 2.24) is 9.80 Å². The predicted molar refractivity (Wildman–Crippen MR) is 56.9 cm³/mol. The summed E-state index contributed by atoms with van der Waals surface area (Å²) in [6, 6.07) is 0. The minimum Gasteiger partial charge on any atom is -0.392 e. The number of rotatable bonds is 6. The molecule has 0 spiro atoms. The second-order valence-electron chi connectivity index (χ2n) is 4.38. The van der Waals surface area contributed by atoms with Gasteiger partial charge >= 0.3 is 0 Å². The summed E-state index contributed by atoms with van der Waals surface area (Å²) in [6.45, 7) is 6.92. The summed E-state index contributed by atoms with van der Waals surface area (Å²) >= 11 is 0. The first-order chi connectivity index (χ1) is 5.93. The fraction of sp³-hybridized carbons (Fsp3) is 1.00. The predicted octanol–water partition coefficient (Wildman–Crippen LogP) is 0.497. The molecule has 0 radical (unpaired) electrons. The van der Waals surface area contributed by atoms with Crippen LogP contribution in [0.15, 0.2) is 0 Å². The molecule has 0 bridgehead atoms. The van der Waals surface area contributed by atoms with Crippen LogP contribution in [-0.4, -0.2) is 61.8 Å². The van der Waals surface area contributed by atoms with Gasteiger partial charge in [0.1, 0.15) is 0 Å². The van der Waals surface area contributed by atoms with Crippen molar-refractivity contribution >= 4 is 0 Å². The van der Waals surface area contributed by atoms with E-state index in [9.17, 15) is 5.11 Å². The summed E-state index contributed by atoms with van der Waals surface area (Å²) in [5.74, 6) is 0.349. The first kappa shape index (κ1) is 12.9. The maximum atomic E-state index is 9.61. The van der Waals surface area contributed by atoms with Gasteiger partial charge in [-0.3, -0.25) is 0 Å². The summed E-state index contributed by atoms with van der Waals surface area (Å²) in [6.07, 6.45) is -0.202. The Morgan fingerprint density at radius 1 is 1.08 bits per heavy atom. The van der Waals surface area contributed by atoms with Gasteiger partial charge in [-0.1, -0.05) is 13.8 Å². The fourth-order valence-electron chi connectivity index (χ4n) is 0.992. The molecule has 13 heavy (non-hydrogen) atoms. The largest absolute Gasteiger partial charge is 0.392 e. The highest BCUT2D eigenvalue weighted by atomic mass is 16.3. The summed E-state index contributed by atoms with van der Waals surface area (Å²) in [4.78, 5) is 4.32. The van der Waals surface area contributed by atoms with Crippen molar-refractivity contribution in [2.24, 2.45) is 5.92 Å². The third-order valence-corrected chi connectivity index (χ3v) is 2.20. The maximum absolute atomic E-state index is 9.61. The molecule has 1 N–H and O–H groups in total. The molecular weight excluding hydrogens is 164 g/mol. The first-order valence-corrected chi connectivity index (χ1v) is 4.94. The van der Waals surface area contributed by atoms with E-state index in [1.165, 1.54) is 0 Å². The number of nitrogens with zero attached hydrogens (tertiary/aromatic N) is 2. The standard InChI is InChI=1S/C10H24N2O/c1-9(2)10(13)8-12(5)7-6-11(3)4/h9-10,13H,6-8H2,1-5H3. The SMILES string of the molecule is CC(C)C(O)CN(C)CCN(C)C. The molecule has 1 atom stereocenters. The molecule has 3 heteroatoms. The maximum Gasteiger partial charge on any atom is 0.0689 e. The van der Waals surface area contributed by atoms with Crippen LogP contribution in [0.4, 0.5) is 0 Å². The van der Waals surface area contributed by atoms with E-state index >= 15 is 0 Å². The third kappa shape index (κ3) is 6.99. The van der Waals surface area contributed by atoms with Crippen molar-refractivity contribution in [3.8, 4) is 0 Å². The molecular formula is C10H24N2O. The lowest BCUT2D eigenvalue weighted by molar-refractivity contribution is 0.0839. The molecule has 0 aromatic heterocycles. The highest BCUT2D eigenvalue weighted by Gasteiger charge is 2.11. The molecule has 0 aromatic rings. The second-order valence-corrected chi connectivity index (χ2v) is 4.38. The lowest BCUT2D eigenvalue weighted by atomic mass is 10.1. The zero-order chi connectivity index (χ0) is 10.4. The van der Waals surface area contributed by atoms with Crippen LogP contribution in [0.2, 0.25) is 0 Å². The third-order valence-electron chi connectivity index (χ3n) is 2.20. The van der Waals surface area contributed by atoms with Gasteiger partial charge in [0.15, 0.2) is 0 Å². The summed E-state index contributed by atoms with van der Waals surface area (Å²) in [7, 11) is 6.18. The summed E-state index contributed by atoms with van der Waals surface area (Å²) < 4.78 is 0. The van der Waals surface area contributed by atoms with Crippen LogP contribution < -0.4 is 0 Å². The molecule has 3 nitrogen and oxygen atoms in total. The molecule has 0 saturated carbocycles. The van der Waals surface area contributed by atoms with E-state index < -0.39 is 0 Å². The van der Waals surface area contributed by atoms with Crippen LogP contribution in [0.5, 0.6) is 0 Å². The number of aliphatic hydroxyl groups excluding tert-OH is 1.